The summed E-state index contributed by atoms with van der Waals surface area (Å²) in [4.78, 5) is 31.7. The van der Waals surface area contributed by atoms with Crippen molar-refractivity contribution >= 4 is 50.7 Å². The van der Waals surface area contributed by atoms with Gasteiger partial charge in [0.25, 0.3) is 5.69 Å². The number of halogens is 1. The number of nitro benzene ring substituents is 1. The maximum absolute atomic E-state index is 13.1. The van der Waals surface area contributed by atoms with Crippen LogP contribution in [0.25, 0.3) is 10.2 Å². The number of carbonyl (C=O) groups excluding carboxylic acids is 1. The quantitative estimate of drug-likeness (QED) is 0.383. The molecular formula is C20H23ClN4O4S. The van der Waals surface area contributed by atoms with Crippen molar-refractivity contribution in [1.82, 2.24) is 9.88 Å². The number of hydrogen-bond acceptors (Lipinski definition) is 7. The van der Waals surface area contributed by atoms with E-state index in [0.717, 1.165) is 21.5 Å². The normalized spacial score (nSPS) is 10.7. The number of benzene rings is 2. The third-order valence-corrected chi connectivity index (χ3v) is 5.43. The first-order valence-electron chi connectivity index (χ1n) is 9.00. The number of ether oxygens (including phenoxy) is 1. The summed E-state index contributed by atoms with van der Waals surface area (Å²) >= 11 is 1.44. The zero-order valence-corrected chi connectivity index (χ0v) is 18.5. The molecule has 0 saturated carbocycles. The highest BCUT2D eigenvalue weighted by Crippen LogP contribution is 2.31. The fraction of sp³-hybridized carbons (Fsp3) is 0.300. The Labute approximate surface area is 184 Å². The first-order chi connectivity index (χ1) is 13.9. The van der Waals surface area contributed by atoms with Crippen LogP contribution in [0.3, 0.4) is 0 Å². The van der Waals surface area contributed by atoms with E-state index in [0.29, 0.717) is 18.2 Å². The predicted molar refractivity (Wildman–Crippen MR) is 121 cm³/mol. The molecule has 10 heteroatoms. The highest BCUT2D eigenvalue weighted by Gasteiger charge is 2.21. The number of carbonyl (C=O) groups is 1. The summed E-state index contributed by atoms with van der Waals surface area (Å²) in [6.07, 6.45) is 0.144. The van der Waals surface area contributed by atoms with E-state index in [1.807, 2.05) is 37.2 Å². The zero-order valence-electron chi connectivity index (χ0n) is 16.9. The first-order valence-corrected chi connectivity index (χ1v) is 9.82. The number of rotatable bonds is 8. The molecule has 0 aliphatic rings. The van der Waals surface area contributed by atoms with Crippen molar-refractivity contribution in [2.75, 3.05) is 39.2 Å². The van der Waals surface area contributed by atoms with Crippen molar-refractivity contribution in [3.8, 4) is 5.75 Å². The van der Waals surface area contributed by atoms with E-state index in [4.69, 9.17) is 4.74 Å². The lowest BCUT2D eigenvalue weighted by Crippen LogP contribution is -2.37. The van der Waals surface area contributed by atoms with E-state index in [-0.39, 0.29) is 30.4 Å². The molecule has 0 fully saturated rings. The van der Waals surface area contributed by atoms with Crippen LogP contribution in [-0.4, -0.2) is 55.0 Å². The molecule has 0 saturated heterocycles. The Hall–Kier alpha value is -2.75. The van der Waals surface area contributed by atoms with Gasteiger partial charge in [-0.1, -0.05) is 23.5 Å². The highest BCUT2D eigenvalue weighted by atomic mass is 35.5. The minimum atomic E-state index is -0.454. The van der Waals surface area contributed by atoms with E-state index in [1.165, 1.54) is 23.5 Å². The average Bonchev–Trinajstić information content (AvgIpc) is 3.10. The Morgan fingerprint density at radius 3 is 2.47 bits per heavy atom. The number of nitrogens with zero attached hydrogens (tertiary/aromatic N) is 4. The number of fused-ring (bicyclic) bond motifs is 1. The number of likely N-dealkylation sites (N-methyl/N-ethyl adjacent to an activating group) is 1. The number of methoxy groups -OCH3 is 1. The molecule has 1 aromatic heterocycles. The number of aromatic nitrogens is 1. The Bertz CT molecular complexity index is 1020. The maximum Gasteiger partial charge on any atom is 0.269 e. The molecule has 0 bridgehead atoms. The van der Waals surface area contributed by atoms with Crippen molar-refractivity contribution in [3.05, 3.63) is 58.1 Å². The summed E-state index contributed by atoms with van der Waals surface area (Å²) in [5, 5.41) is 11.4. The van der Waals surface area contributed by atoms with Gasteiger partial charge in [-0.25, -0.2) is 4.98 Å². The number of hydrogen-bond donors (Lipinski definition) is 0. The fourth-order valence-electron chi connectivity index (χ4n) is 2.77. The second-order valence-electron chi connectivity index (χ2n) is 6.78. The molecule has 1 heterocycles. The molecule has 2 aromatic carbocycles. The molecule has 30 heavy (non-hydrogen) atoms. The second kappa shape index (κ2) is 10.3. The van der Waals surface area contributed by atoms with E-state index in [9.17, 15) is 14.9 Å². The van der Waals surface area contributed by atoms with E-state index in [2.05, 4.69) is 4.98 Å². The SMILES string of the molecule is COc1ccc2nc(N(CCN(C)C)C(=O)Cc3ccc([N+](=O)[O-])cc3)sc2c1.Cl. The largest absolute Gasteiger partial charge is 0.497 e. The van der Waals surface area contributed by atoms with Gasteiger partial charge in [0.1, 0.15) is 5.75 Å². The van der Waals surface area contributed by atoms with E-state index < -0.39 is 4.92 Å². The Morgan fingerprint density at radius 1 is 1.17 bits per heavy atom. The standard InChI is InChI=1S/C20H22N4O4S.ClH/c1-22(2)10-11-23(19(25)12-14-4-6-15(7-5-14)24(26)27)20-21-17-9-8-16(28-3)13-18(17)29-20;/h4-9,13H,10-12H2,1-3H3;1H. The number of non-ortho nitro benzene ring substituents is 1. The van der Waals surface area contributed by atoms with Crippen LogP contribution in [0.15, 0.2) is 42.5 Å². The number of amides is 1. The van der Waals surface area contributed by atoms with Crippen molar-refractivity contribution in [2.24, 2.45) is 0 Å². The van der Waals surface area contributed by atoms with Gasteiger partial charge in [-0.15, -0.1) is 12.4 Å². The molecule has 0 aliphatic heterocycles. The molecule has 8 nitrogen and oxygen atoms in total. The van der Waals surface area contributed by atoms with Crippen molar-refractivity contribution in [2.45, 2.75) is 6.42 Å². The molecule has 3 rings (SSSR count). The molecule has 160 valence electrons. The van der Waals surface area contributed by atoms with Crippen LogP contribution < -0.4 is 9.64 Å². The second-order valence-corrected chi connectivity index (χ2v) is 7.79. The maximum atomic E-state index is 13.1. The minimum absolute atomic E-state index is 0. The van der Waals surface area contributed by atoms with Gasteiger partial charge in [0.15, 0.2) is 5.13 Å². The summed E-state index contributed by atoms with van der Waals surface area (Å²) in [5.41, 5.74) is 1.54. The molecule has 1 amide bonds. The Morgan fingerprint density at radius 2 is 1.87 bits per heavy atom. The lowest BCUT2D eigenvalue weighted by atomic mass is 10.1. The van der Waals surface area contributed by atoms with Crippen molar-refractivity contribution < 1.29 is 14.5 Å². The van der Waals surface area contributed by atoms with Crippen LogP contribution in [0, 0.1) is 10.1 Å². The molecular weight excluding hydrogens is 428 g/mol. The Balaban J connectivity index is 0.00000320. The Kier molecular flexibility index (Phi) is 8.10. The van der Waals surface area contributed by atoms with Gasteiger partial charge in [-0.2, -0.15) is 0 Å². The number of nitro groups is 1. The van der Waals surface area contributed by atoms with Crippen molar-refractivity contribution in [3.63, 3.8) is 0 Å². The van der Waals surface area contributed by atoms with Crippen LogP contribution >= 0.6 is 23.7 Å². The van der Waals surface area contributed by atoms with Gasteiger partial charge in [0.05, 0.1) is 28.7 Å². The number of thiazole rings is 1. The molecule has 0 aliphatic carbocycles. The topological polar surface area (TPSA) is 88.8 Å². The lowest BCUT2D eigenvalue weighted by molar-refractivity contribution is -0.384. The summed E-state index contributed by atoms with van der Waals surface area (Å²) in [6, 6.07) is 11.7. The lowest BCUT2D eigenvalue weighted by Gasteiger charge is -2.22. The highest BCUT2D eigenvalue weighted by molar-refractivity contribution is 7.22. The van der Waals surface area contributed by atoms with E-state index in [1.54, 1.807) is 24.1 Å². The summed E-state index contributed by atoms with van der Waals surface area (Å²) < 4.78 is 6.21. The number of anilines is 1. The van der Waals surface area contributed by atoms with Crippen molar-refractivity contribution in [1.29, 1.82) is 0 Å². The van der Waals surface area contributed by atoms with Gasteiger partial charge >= 0.3 is 0 Å². The van der Waals surface area contributed by atoms with Gasteiger partial charge in [0.2, 0.25) is 5.91 Å². The van der Waals surface area contributed by atoms with Crippen LogP contribution in [0.1, 0.15) is 5.56 Å². The van der Waals surface area contributed by atoms with Crippen LogP contribution in [0.2, 0.25) is 0 Å². The van der Waals surface area contributed by atoms with Gasteiger partial charge in [-0.3, -0.25) is 19.8 Å². The zero-order chi connectivity index (χ0) is 21.0. The first kappa shape index (κ1) is 23.5. The predicted octanol–water partition coefficient (Wildman–Crippen LogP) is 3.77. The molecule has 0 radical (unpaired) electrons. The molecule has 0 spiro atoms. The molecule has 3 aromatic rings. The van der Waals surface area contributed by atoms with Gasteiger partial charge < -0.3 is 9.64 Å². The summed E-state index contributed by atoms with van der Waals surface area (Å²) in [7, 11) is 5.50. The third kappa shape index (κ3) is 5.65. The molecule has 0 unspecified atom stereocenters. The van der Waals surface area contributed by atoms with Gasteiger partial charge in [-0.05, 0) is 37.9 Å². The fourth-order valence-corrected chi connectivity index (χ4v) is 3.81. The van der Waals surface area contributed by atoms with E-state index >= 15 is 0 Å². The van der Waals surface area contributed by atoms with Crippen LogP contribution in [0.5, 0.6) is 5.75 Å². The average molecular weight is 451 g/mol. The summed E-state index contributed by atoms with van der Waals surface area (Å²) in [5.74, 6) is 0.636. The van der Waals surface area contributed by atoms with Gasteiger partial charge in [0, 0.05) is 25.2 Å². The molecule has 0 atom stereocenters. The third-order valence-electron chi connectivity index (χ3n) is 4.39. The summed E-state index contributed by atoms with van der Waals surface area (Å²) in [6.45, 7) is 1.18. The van der Waals surface area contributed by atoms with Crippen LogP contribution in [0.4, 0.5) is 10.8 Å². The smallest absolute Gasteiger partial charge is 0.269 e. The monoisotopic (exact) mass is 450 g/mol. The minimum Gasteiger partial charge on any atom is -0.497 e. The van der Waals surface area contributed by atoms with Crippen LogP contribution in [-0.2, 0) is 11.2 Å². The molecule has 0 N–H and O–H groups in total.